The van der Waals surface area contributed by atoms with E-state index in [4.69, 9.17) is 4.74 Å². The molecule has 1 aliphatic heterocycles. The standard InChI is InChI=1S/C20H21N3O2S/c1-22(20-21-17-5-3-4-6-18(17)26-20)13-19(24)23-10-9-14-11-16(25-2)8-7-15(14)12-23/h3-8,11H,9-10,12-13H2,1-2H3. The summed E-state index contributed by atoms with van der Waals surface area (Å²) < 4.78 is 6.43. The van der Waals surface area contributed by atoms with E-state index in [1.807, 2.05) is 41.1 Å². The fourth-order valence-electron chi connectivity index (χ4n) is 3.26. The van der Waals surface area contributed by atoms with E-state index >= 15 is 0 Å². The van der Waals surface area contributed by atoms with Gasteiger partial charge in [-0.15, -0.1) is 0 Å². The number of anilines is 1. The molecule has 2 aromatic carbocycles. The molecule has 0 saturated heterocycles. The van der Waals surface area contributed by atoms with Gasteiger partial charge >= 0.3 is 0 Å². The van der Waals surface area contributed by atoms with Gasteiger partial charge in [0.1, 0.15) is 5.75 Å². The van der Waals surface area contributed by atoms with Crippen LogP contribution in [0.1, 0.15) is 11.1 Å². The van der Waals surface area contributed by atoms with Crippen molar-refractivity contribution in [1.29, 1.82) is 0 Å². The van der Waals surface area contributed by atoms with Gasteiger partial charge in [0.2, 0.25) is 5.91 Å². The van der Waals surface area contributed by atoms with Gasteiger partial charge in [0.15, 0.2) is 5.13 Å². The van der Waals surface area contributed by atoms with Crippen molar-refractivity contribution in [2.24, 2.45) is 0 Å². The topological polar surface area (TPSA) is 45.7 Å². The summed E-state index contributed by atoms with van der Waals surface area (Å²) in [7, 11) is 3.61. The Morgan fingerprint density at radius 2 is 2.12 bits per heavy atom. The number of hydrogen-bond donors (Lipinski definition) is 0. The van der Waals surface area contributed by atoms with Crippen molar-refractivity contribution in [3.05, 3.63) is 53.6 Å². The lowest BCUT2D eigenvalue weighted by molar-refractivity contribution is -0.130. The SMILES string of the molecule is COc1ccc2c(c1)CCN(C(=O)CN(C)c1nc3ccccc3s1)C2. The average molecular weight is 367 g/mol. The smallest absolute Gasteiger partial charge is 0.242 e. The molecule has 0 radical (unpaired) electrons. The second-order valence-electron chi connectivity index (χ2n) is 6.52. The molecule has 0 spiro atoms. The Kier molecular flexibility index (Phi) is 4.51. The number of para-hydroxylation sites is 1. The Morgan fingerprint density at radius 3 is 2.92 bits per heavy atom. The molecule has 0 atom stereocenters. The van der Waals surface area contributed by atoms with Crippen LogP contribution < -0.4 is 9.64 Å². The highest BCUT2D eigenvalue weighted by Gasteiger charge is 2.22. The minimum absolute atomic E-state index is 0.133. The summed E-state index contributed by atoms with van der Waals surface area (Å²) in [6.45, 7) is 1.74. The Bertz CT molecular complexity index is 920. The van der Waals surface area contributed by atoms with Gasteiger partial charge in [-0.25, -0.2) is 4.98 Å². The van der Waals surface area contributed by atoms with Crippen LogP contribution in [0.3, 0.4) is 0 Å². The molecule has 6 heteroatoms. The van der Waals surface area contributed by atoms with Crippen LogP contribution in [0.15, 0.2) is 42.5 Å². The molecule has 1 amide bonds. The second-order valence-corrected chi connectivity index (χ2v) is 7.53. The Morgan fingerprint density at radius 1 is 1.27 bits per heavy atom. The number of aromatic nitrogens is 1. The Hall–Kier alpha value is -2.60. The zero-order chi connectivity index (χ0) is 18.1. The number of benzene rings is 2. The first kappa shape index (κ1) is 16.8. The number of ether oxygens (including phenoxy) is 1. The van der Waals surface area contributed by atoms with Crippen molar-refractivity contribution in [1.82, 2.24) is 9.88 Å². The molecular weight excluding hydrogens is 346 g/mol. The molecule has 5 nitrogen and oxygen atoms in total. The van der Waals surface area contributed by atoms with Gasteiger partial charge in [0.05, 0.1) is 23.9 Å². The van der Waals surface area contributed by atoms with E-state index < -0.39 is 0 Å². The maximum Gasteiger partial charge on any atom is 0.242 e. The van der Waals surface area contributed by atoms with E-state index in [0.717, 1.165) is 34.1 Å². The third-order valence-corrected chi connectivity index (χ3v) is 5.91. The number of nitrogens with zero attached hydrogens (tertiary/aromatic N) is 3. The predicted octanol–water partition coefficient (Wildman–Crippen LogP) is 3.33. The molecule has 0 bridgehead atoms. The van der Waals surface area contributed by atoms with Crippen molar-refractivity contribution in [3.63, 3.8) is 0 Å². The van der Waals surface area contributed by atoms with Gasteiger partial charge in [0.25, 0.3) is 0 Å². The molecule has 3 aromatic rings. The van der Waals surface area contributed by atoms with Crippen LogP contribution in [-0.2, 0) is 17.8 Å². The Labute approximate surface area is 156 Å². The highest BCUT2D eigenvalue weighted by molar-refractivity contribution is 7.22. The Balaban J connectivity index is 1.44. The van der Waals surface area contributed by atoms with Crippen LogP contribution in [0.2, 0.25) is 0 Å². The predicted molar refractivity (Wildman–Crippen MR) is 105 cm³/mol. The lowest BCUT2D eigenvalue weighted by Gasteiger charge is -2.30. The molecule has 0 fully saturated rings. The van der Waals surface area contributed by atoms with E-state index in [2.05, 4.69) is 23.2 Å². The number of likely N-dealkylation sites (N-methyl/N-ethyl adjacent to an activating group) is 1. The highest BCUT2D eigenvalue weighted by atomic mass is 32.1. The number of carbonyl (C=O) groups excluding carboxylic acids is 1. The van der Waals surface area contributed by atoms with Crippen molar-refractivity contribution >= 4 is 32.6 Å². The number of hydrogen-bond acceptors (Lipinski definition) is 5. The molecule has 134 valence electrons. The number of methoxy groups -OCH3 is 1. The maximum absolute atomic E-state index is 12.8. The first-order valence-electron chi connectivity index (χ1n) is 8.64. The summed E-state index contributed by atoms with van der Waals surface area (Å²) in [4.78, 5) is 21.3. The molecule has 0 aliphatic carbocycles. The fraction of sp³-hybridized carbons (Fsp3) is 0.300. The van der Waals surface area contributed by atoms with Crippen molar-refractivity contribution in [3.8, 4) is 5.75 Å². The lowest BCUT2D eigenvalue weighted by Crippen LogP contribution is -2.41. The second kappa shape index (κ2) is 6.96. The summed E-state index contributed by atoms with van der Waals surface area (Å²) in [5, 5.41) is 0.877. The molecule has 0 saturated carbocycles. The molecule has 0 unspecified atom stereocenters. The fourth-order valence-corrected chi connectivity index (χ4v) is 4.19. The third-order valence-electron chi connectivity index (χ3n) is 4.76. The van der Waals surface area contributed by atoms with Gasteiger partial charge in [-0.2, -0.15) is 0 Å². The largest absolute Gasteiger partial charge is 0.497 e. The zero-order valence-corrected chi connectivity index (χ0v) is 15.8. The van der Waals surface area contributed by atoms with Crippen molar-refractivity contribution in [2.75, 3.05) is 32.1 Å². The van der Waals surface area contributed by atoms with E-state index in [0.29, 0.717) is 13.1 Å². The van der Waals surface area contributed by atoms with E-state index in [1.54, 1.807) is 18.4 Å². The summed E-state index contributed by atoms with van der Waals surface area (Å²) in [6, 6.07) is 14.1. The number of carbonyl (C=O) groups is 1. The molecular formula is C20H21N3O2S. The van der Waals surface area contributed by atoms with Crippen LogP contribution in [-0.4, -0.2) is 43.0 Å². The van der Waals surface area contributed by atoms with Gasteiger partial charge < -0.3 is 14.5 Å². The summed E-state index contributed by atoms with van der Waals surface area (Å²) in [6.07, 6.45) is 0.864. The maximum atomic E-state index is 12.8. The number of fused-ring (bicyclic) bond motifs is 2. The van der Waals surface area contributed by atoms with Gasteiger partial charge in [-0.3, -0.25) is 4.79 Å². The minimum Gasteiger partial charge on any atom is -0.497 e. The van der Waals surface area contributed by atoms with Crippen LogP contribution in [0, 0.1) is 0 Å². The summed E-state index contributed by atoms with van der Waals surface area (Å²) in [5.41, 5.74) is 3.45. The van der Waals surface area contributed by atoms with Crippen molar-refractivity contribution < 1.29 is 9.53 Å². The summed E-state index contributed by atoms with van der Waals surface area (Å²) in [5.74, 6) is 1.01. The quantitative estimate of drug-likeness (QED) is 0.710. The average Bonchev–Trinajstić information content (AvgIpc) is 3.11. The molecule has 0 N–H and O–H groups in total. The number of thiazole rings is 1. The van der Waals surface area contributed by atoms with Gasteiger partial charge in [-0.1, -0.05) is 29.5 Å². The molecule has 1 aliphatic rings. The molecule has 26 heavy (non-hydrogen) atoms. The third kappa shape index (κ3) is 3.24. The van der Waals surface area contributed by atoms with Crippen LogP contribution in [0.5, 0.6) is 5.75 Å². The number of rotatable bonds is 4. The number of amides is 1. The van der Waals surface area contributed by atoms with Gasteiger partial charge in [-0.05, 0) is 41.8 Å². The molecule has 2 heterocycles. The first-order chi connectivity index (χ1) is 12.6. The minimum atomic E-state index is 0.133. The zero-order valence-electron chi connectivity index (χ0n) is 14.9. The lowest BCUT2D eigenvalue weighted by atomic mass is 9.99. The van der Waals surface area contributed by atoms with Crippen molar-refractivity contribution in [2.45, 2.75) is 13.0 Å². The van der Waals surface area contributed by atoms with Crippen LogP contribution >= 0.6 is 11.3 Å². The first-order valence-corrected chi connectivity index (χ1v) is 9.46. The normalized spacial score (nSPS) is 13.5. The molecule has 4 rings (SSSR count). The summed E-state index contributed by atoms with van der Waals surface area (Å²) >= 11 is 1.62. The van der Waals surface area contributed by atoms with E-state index in [9.17, 15) is 4.79 Å². The van der Waals surface area contributed by atoms with E-state index in [1.165, 1.54) is 11.1 Å². The van der Waals surface area contributed by atoms with Gasteiger partial charge in [0, 0.05) is 20.1 Å². The molecule has 1 aromatic heterocycles. The van der Waals surface area contributed by atoms with E-state index in [-0.39, 0.29) is 5.91 Å². The monoisotopic (exact) mass is 367 g/mol. The van der Waals surface area contributed by atoms with Crippen LogP contribution in [0.4, 0.5) is 5.13 Å². The van der Waals surface area contributed by atoms with Crippen LogP contribution in [0.25, 0.3) is 10.2 Å². The highest BCUT2D eigenvalue weighted by Crippen LogP contribution is 2.28.